The van der Waals surface area contributed by atoms with Gasteiger partial charge in [0.25, 0.3) is 0 Å². The van der Waals surface area contributed by atoms with E-state index >= 15 is 0 Å². The Labute approximate surface area is 158 Å². The first-order chi connectivity index (χ1) is 12.4. The molecular formula is C18H24ClN3O4. The lowest BCUT2D eigenvalue weighted by Gasteiger charge is -2.34. The van der Waals surface area contributed by atoms with Crippen LogP contribution in [0.25, 0.3) is 0 Å². The molecule has 1 saturated heterocycles. The fourth-order valence-electron chi connectivity index (χ4n) is 2.72. The predicted molar refractivity (Wildman–Crippen MR) is 99.1 cm³/mol. The first-order valence-corrected chi connectivity index (χ1v) is 9.03. The lowest BCUT2D eigenvalue weighted by atomic mass is 10.1. The van der Waals surface area contributed by atoms with Gasteiger partial charge in [0.15, 0.2) is 0 Å². The average Bonchev–Trinajstić information content (AvgIpc) is 2.62. The number of nitrogens with one attached hydrogen (secondary N) is 2. The molecule has 1 fully saturated rings. The van der Waals surface area contributed by atoms with Crippen molar-refractivity contribution in [2.75, 3.05) is 31.6 Å². The number of hydrogen-bond acceptors (Lipinski definition) is 5. The number of ether oxygens (including phenoxy) is 1. The van der Waals surface area contributed by atoms with Gasteiger partial charge in [0.2, 0.25) is 11.8 Å². The molecule has 2 amide bonds. The van der Waals surface area contributed by atoms with E-state index in [1.54, 1.807) is 12.1 Å². The quantitative estimate of drug-likeness (QED) is 0.702. The van der Waals surface area contributed by atoms with E-state index in [1.165, 1.54) is 4.90 Å². The maximum absolute atomic E-state index is 12.6. The zero-order valence-corrected chi connectivity index (χ0v) is 15.8. The van der Waals surface area contributed by atoms with Gasteiger partial charge in [-0.15, -0.1) is 0 Å². The third kappa shape index (κ3) is 5.11. The second kappa shape index (κ2) is 9.43. The zero-order valence-electron chi connectivity index (χ0n) is 15.0. The summed E-state index contributed by atoms with van der Waals surface area (Å²) in [5.74, 6) is -1.07. The van der Waals surface area contributed by atoms with Gasteiger partial charge < -0.3 is 20.3 Å². The van der Waals surface area contributed by atoms with Crippen LogP contribution in [0.1, 0.15) is 25.3 Å². The summed E-state index contributed by atoms with van der Waals surface area (Å²) in [6, 6.07) is 4.56. The smallest absolute Gasteiger partial charge is 0.308 e. The summed E-state index contributed by atoms with van der Waals surface area (Å²) in [6.07, 6.45) is 0.557. The molecule has 0 bridgehead atoms. The third-order valence-corrected chi connectivity index (χ3v) is 4.59. The fraction of sp³-hybridized carbons (Fsp3) is 0.500. The molecular weight excluding hydrogens is 358 g/mol. The first-order valence-electron chi connectivity index (χ1n) is 8.65. The molecule has 1 heterocycles. The van der Waals surface area contributed by atoms with Crippen molar-refractivity contribution in [1.29, 1.82) is 0 Å². The SMILES string of the molecule is CCCOC(=O)CC1C(=O)NCCN1C(=O)CNc1cccc(Cl)c1C. The molecule has 7 nitrogen and oxygen atoms in total. The van der Waals surface area contributed by atoms with Crippen LogP contribution in [0, 0.1) is 6.92 Å². The molecule has 1 aliphatic rings. The van der Waals surface area contributed by atoms with E-state index in [4.69, 9.17) is 16.3 Å². The second-order valence-corrected chi connectivity index (χ2v) is 6.49. The van der Waals surface area contributed by atoms with Gasteiger partial charge in [-0.05, 0) is 31.0 Å². The van der Waals surface area contributed by atoms with Crippen LogP contribution in [0.3, 0.4) is 0 Å². The number of carbonyl (C=O) groups is 3. The topological polar surface area (TPSA) is 87.7 Å². The summed E-state index contributed by atoms with van der Waals surface area (Å²) in [5, 5.41) is 6.35. The minimum absolute atomic E-state index is 0.00890. The van der Waals surface area contributed by atoms with Gasteiger partial charge in [-0.25, -0.2) is 0 Å². The van der Waals surface area contributed by atoms with Crippen molar-refractivity contribution >= 4 is 35.1 Å². The highest BCUT2D eigenvalue weighted by Gasteiger charge is 2.34. The number of piperazine rings is 1. The van der Waals surface area contributed by atoms with Crippen LogP contribution < -0.4 is 10.6 Å². The Balaban J connectivity index is 2.00. The van der Waals surface area contributed by atoms with Gasteiger partial charge in [0.1, 0.15) is 6.04 Å². The highest BCUT2D eigenvalue weighted by molar-refractivity contribution is 6.31. The van der Waals surface area contributed by atoms with E-state index in [9.17, 15) is 14.4 Å². The van der Waals surface area contributed by atoms with Crippen molar-refractivity contribution in [3.63, 3.8) is 0 Å². The predicted octanol–water partition coefficient (Wildman–Crippen LogP) is 1.73. The van der Waals surface area contributed by atoms with Crippen LogP contribution in [0.4, 0.5) is 5.69 Å². The Morgan fingerprint density at radius 2 is 2.19 bits per heavy atom. The summed E-state index contributed by atoms with van der Waals surface area (Å²) in [6.45, 7) is 4.77. The Kier molecular flexibility index (Phi) is 7.26. The summed E-state index contributed by atoms with van der Waals surface area (Å²) in [7, 11) is 0. The number of anilines is 1. The maximum Gasteiger partial charge on any atom is 0.308 e. The Hall–Kier alpha value is -2.28. The average molecular weight is 382 g/mol. The molecule has 1 aromatic carbocycles. The van der Waals surface area contributed by atoms with E-state index in [0.29, 0.717) is 31.1 Å². The van der Waals surface area contributed by atoms with E-state index in [-0.39, 0.29) is 24.8 Å². The number of benzene rings is 1. The first kappa shape index (κ1) is 20.0. The largest absolute Gasteiger partial charge is 0.466 e. The molecule has 1 unspecified atom stereocenters. The molecule has 2 rings (SSSR count). The summed E-state index contributed by atoms with van der Waals surface area (Å²) < 4.78 is 5.04. The van der Waals surface area contributed by atoms with Crippen LogP contribution in [0.5, 0.6) is 0 Å². The van der Waals surface area contributed by atoms with E-state index in [2.05, 4.69) is 10.6 Å². The molecule has 0 spiro atoms. The lowest BCUT2D eigenvalue weighted by molar-refractivity contribution is -0.151. The summed E-state index contributed by atoms with van der Waals surface area (Å²) in [4.78, 5) is 38.1. The van der Waals surface area contributed by atoms with Crippen molar-refractivity contribution in [1.82, 2.24) is 10.2 Å². The van der Waals surface area contributed by atoms with Gasteiger partial charge in [0, 0.05) is 23.8 Å². The molecule has 0 radical (unpaired) electrons. The minimum Gasteiger partial charge on any atom is -0.466 e. The van der Waals surface area contributed by atoms with Gasteiger partial charge in [-0.3, -0.25) is 14.4 Å². The van der Waals surface area contributed by atoms with Crippen molar-refractivity contribution in [3.05, 3.63) is 28.8 Å². The standard InChI is InChI=1S/C18H24ClN3O4/c1-3-9-26-17(24)10-15-18(25)20-7-8-22(15)16(23)11-21-14-6-4-5-13(19)12(14)2/h4-6,15,21H,3,7-11H2,1-2H3,(H,20,25). The molecule has 2 N–H and O–H groups in total. The van der Waals surface area contributed by atoms with Crippen LogP contribution in [-0.4, -0.2) is 55.0 Å². The third-order valence-electron chi connectivity index (χ3n) is 4.18. The molecule has 0 aliphatic carbocycles. The number of carbonyl (C=O) groups excluding carboxylic acids is 3. The zero-order chi connectivity index (χ0) is 19.1. The molecule has 26 heavy (non-hydrogen) atoms. The number of hydrogen-bond donors (Lipinski definition) is 2. The van der Waals surface area contributed by atoms with E-state index in [0.717, 1.165) is 11.3 Å². The molecule has 1 aromatic rings. The van der Waals surface area contributed by atoms with Gasteiger partial charge in [-0.2, -0.15) is 0 Å². The molecule has 0 aromatic heterocycles. The highest BCUT2D eigenvalue weighted by Crippen LogP contribution is 2.22. The van der Waals surface area contributed by atoms with Crippen molar-refractivity contribution < 1.29 is 19.1 Å². The Bertz CT molecular complexity index is 680. The molecule has 0 saturated carbocycles. The monoisotopic (exact) mass is 381 g/mol. The van der Waals surface area contributed by atoms with Crippen LogP contribution in [-0.2, 0) is 19.1 Å². The summed E-state index contributed by atoms with van der Waals surface area (Å²) in [5.41, 5.74) is 1.60. The Morgan fingerprint density at radius 3 is 2.92 bits per heavy atom. The van der Waals surface area contributed by atoms with Crippen LogP contribution >= 0.6 is 11.6 Å². The number of amides is 2. The number of esters is 1. The Morgan fingerprint density at radius 1 is 1.42 bits per heavy atom. The van der Waals surface area contributed by atoms with Crippen LogP contribution in [0.2, 0.25) is 5.02 Å². The number of nitrogens with zero attached hydrogens (tertiary/aromatic N) is 1. The number of halogens is 1. The normalized spacial score (nSPS) is 16.8. The van der Waals surface area contributed by atoms with E-state index in [1.807, 2.05) is 19.9 Å². The number of rotatable bonds is 7. The second-order valence-electron chi connectivity index (χ2n) is 6.08. The van der Waals surface area contributed by atoms with Crippen molar-refractivity contribution in [3.8, 4) is 0 Å². The highest BCUT2D eigenvalue weighted by atomic mass is 35.5. The van der Waals surface area contributed by atoms with E-state index < -0.39 is 12.0 Å². The van der Waals surface area contributed by atoms with Crippen molar-refractivity contribution in [2.45, 2.75) is 32.7 Å². The van der Waals surface area contributed by atoms with Crippen molar-refractivity contribution in [2.24, 2.45) is 0 Å². The van der Waals surface area contributed by atoms with Gasteiger partial charge in [0.05, 0.1) is 19.6 Å². The molecule has 1 aliphatic heterocycles. The fourth-order valence-corrected chi connectivity index (χ4v) is 2.89. The van der Waals surface area contributed by atoms with Gasteiger partial charge in [-0.1, -0.05) is 24.6 Å². The van der Waals surface area contributed by atoms with Gasteiger partial charge >= 0.3 is 5.97 Å². The summed E-state index contributed by atoms with van der Waals surface area (Å²) >= 11 is 6.08. The lowest BCUT2D eigenvalue weighted by Crippen LogP contribution is -2.58. The maximum atomic E-state index is 12.6. The minimum atomic E-state index is -0.845. The molecule has 8 heteroatoms. The molecule has 142 valence electrons. The molecule has 1 atom stereocenters. The van der Waals surface area contributed by atoms with Crippen LogP contribution in [0.15, 0.2) is 18.2 Å².